The zero-order valence-corrected chi connectivity index (χ0v) is 13.1. The molecule has 0 bridgehead atoms. The molecule has 1 fully saturated rings. The van der Waals surface area contributed by atoms with E-state index in [1.807, 2.05) is 6.92 Å². The van der Waals surface area contributed by atoms with Crippen molar-refractivity contribution in [2.24, 2.45) is 5.41 Å². The van der Waals surface area contributed by atoms with Crippen LogP contribution in [0, 0.1) is 5.41 Å². The molecule has 21 heavy (non-hydrogen) atoms. The molecule has 1 amide bonds. The summed E-state index contributed by atoms with van der Waals surface area (Å²) in [5.74, 6) is -0.622. The Hall–Kier alpha value is -1.32. The van der Waals surface area contributed by atoms with E-state index in [1.165, 1.54) is 18.4 Å². The molecule has 1 atom stereocenters. The van der Waals surface area contributed by atoms with Crippen molar-refractivity contribution < 1.29 is 14.7 Å². The zero-order valence-electron chi connectivity index (χ0n) is 13.1. The number of carboxylic acids is 1. The van der Waals surface area contributed by atoms with Crippen LogP contribution in [0.25, 0.3) is 0 Å². The molecular weight excluding hydrogens is 266 g/mol. The highest BCUT2D eigenvalue weighted by molar-refractivity contribution is 5.81. The molecular formula is C17H27NO3. The number of carbonyl (C=O) groups is 2. The van der Waals surface area contributed by atoms with E-state index < -0.39 is 11.4 Å². The Morgan fingerprint density at radius 2 is 2.14 bits per heavy atom. The second kappa shape index (κ2) is 7.10. The number of hydrogen-bond acceptors (Lipinski definition) is 2. The van der Waals surface area contributed by atoms with Gasteiger partial charge in [-0.2, -0.15) is 0 Å². The Balaban J connectivity index is 2.00. The molecule has 0 spiro atoms. The van der Waals surface area contributed by atoms with Gasteiger partial charge >= 0.3 is 5.97 Å². The molecule has 1 saturated heterocycles. The van der Waals surface area contributed by atoms with Gasteiger partial charge < -0.3 is 10.0 Å². The summed E-state index contributed by atoms with van der Waals surface area (Å²) in [5.41, 5.74) is 0.525. The van der Waals surface area contributed by atoms with Gasteiger partial charge in [0.05, 0.1) is 5.41 Å². The minimum atomic E-state index is -0.737. The number of piperidine rings is 1. The van der Waals surface area contributed by atoms with Gasteiger partial charge in [0.2, 0.25) is 5.91 Å². The number of rotatable bonds is 5. The maximum atomic E-state index is 12.5. The standard InChI is InChI=1S/C17H27NO3/c1-2-9-17(16(20)21)10-6-11-18(13-17)15(19)12-14-7-4-3-5-8-14/h7H,2-6,8-13H2,1H3,(H,20,21). The van der Waals surface area contributed by atoms with Crippen molar-refractivity contribution in [3.05, 3.63) is 11.6 Å². The third-order valence-corrected chi connectivity index (χ3v) is 4.88. The van der Waals surface area contributed by atoms with Gasteiger partial charge in [-0.05, 0) is 44.9 Å². The van der Waals surface area contributed by atoms with Gasteiger partial charge in [-0.3, -0.25) is 9.59 Å². The second-order valence-electron chi connectivity index (χ2n) is 6.54. The minimum Gasteiger partial charge on any atom is -0.481 e. The maximum absolute atomic E-state index is 12.5. The fourth-order valence-electron chi connectivity index (χ4n) is 3.68. The Morgan fingerprint density at radius 1 is 1.33 bits per heavy atom. The molecule has 0 aromatic rings. The number of likely N-dealkylation sites (tertiary alicyclic amines) is 1. The highest BCUT2D eigenvalue weighted by Gasteiger charge is 2.42. The van der Waals surface area contributed by atoms with Crippen molar-refractivity contribution in [2.75, 3.05) is 13.1 Å². The Kier molecular flexibility index (Phi) is 5.43. The summed E-state index contributed by atoms with van der Waals surface area (Å²) in [4.78, 5) is 25.9. The van der Waals surface area contributed by atoms with E-state index in [-0.39, 0.29) is 5.91 Å². The largest absolute Gasteiger partial charge is 0.481 e. The van der Waals surface area contributed by atoms with Gasteiger partial charge in [-0.1, -0.05) is 25.0 Å². The van der Waals surface area contributed by atoms with Crippen LogP contribution in [0.3, 0.4) is 0 Å². The number of carboxylic acid groups (broad SMARTS) is 1. The first-order valence-electron chi connectivity index (χ1n) is 8.26. The lowest BCUT2D eigenvalue weighted by Crippen LogP contribution is -2.50. The predicted molar refractivity (Wildman–Crippen MR) is 82.0 cm³/mol. The molecule has 0 saturated carbocycles. The number of hydrogen-bond donors (Lipinski definition) is 1. The highest BCUT2D eigenvalue weighted by atomic mass is 16.4. The van der Waals surface area contributed by atoms with Gasteiger partial charge in [-0.25, -0.2) is 0 Å². The SMILES string of the molecule is CCCC1(C(=O)O)CCCN(C(=O)CC2=CCCCC2)C1. The molecule has 4 nitrogen and oxygen atoms in total. The molecule has 1 N–H and O–H groups in total. The van der Waals surface area contributed by atoms with E-state index >= 15 is 0 Å². The fourth-order valence-corrected chi connectivity index (χ4v) is 3.68. The molecule has 1 unspecified atom stereocenters. The lowest BCUT2D eigenvalue weighted by molar-refractivity contribution is -0.155. The minimum absolute atomic E-state index is 0.115. The number of aliphatic carboxylic acids is 1. The van der Waals surface area contributed by atoms with E-state index in [0.717, 1.165) is 25.7 Å². The molecule has 4 heteroatoms. The van der Waals surface area contributed by atoms with Crippen LogP contribution < -0.4 is 0 Å². The van der Waals surface area contributed by atoms with Crippen LogP contribution in [0.1, 0.15) is 64.7 Å². The molecule has 0 aromatic carbocycles. The van der Waals surface area contributed by atoms with Crippen LogP contribution >= 0.6 is 0 Å². The monoisotopic (exact) mass is 293 g/mol. The summed E-state index contributed by atoms with van der Waals surface area (Å²) in [5, 5.41) is 9.59. The first-order chi connectivity index (χ1) is 10.1. The zero-order chi connectivity index (χ0) is 15.3. The van der Waals surface area contributed by atoms with Crippen molar-refractivity contribution in [3.8, 4) is 0 Å². The summed E-state index contributed by atoms with van der Waals surface area (Å²) in [6.07, 6.45) is 10.2. The summed E-state index contributed by atoms with van der Waals surface area (Å²) in [6, 6.07) is 0. The molecule has 0 aromatic heterocycles. The average Bonchev–Trinajstić information content (AvgIpc) is 2.48. The number of nitrogens with zero attached hydrogens (tertiary/aromatic N) is 1. The summed E-state index contributed by atoms with van der Waals surface area (Å²) in [6.45, 7) is 3.12. The normalized spacial score (nSPS) is 26.3. The van der Waals surface area contributed by atoms with Gasteiger partial charge in [0.25, 0.3) is 0 Å². The second-order valence-corrected chi connectivity index (χ2v) is 6.54. The van der Waals surface area contributed by atoms with Crippen molar-refractivity contribution in [2.45, 2.75) is 64.7 Å². The van der Waals surface area contributed by atoms with E-state index in [1.54, 1.807) is 4.90 Å². The number of carbonyl (C=O) groups excluding carboxylic acids is 1. The lowest BCUT2D eigenvalue weighted by Gasteiger charge is -2.40. The molecule has 1 heterocycles. The molecule has 2 aliphatic rings. The van der Waals surface area contributed by atoms with Crippen molar-refractivity contribution >= 4 is 11.9 Å². The Bertz CT molecular complexity index is 426. The van der Waals surface area contributed by atoms with Crippen LogP contribution in [-0.4, -0.2) is 35.0 Å². The molecule has 1 aliphatic carbocycles. The first kappa shape index (κ1) is 16.1. The molecule has 1 aliphatic heterocycles. The molecule has 2 rings (SSSR count). The Morgan fingerprint density at radius 3 is 2.76 bits per heavy atom. The van der Waals surface area contributed by atoms with Crippen molar-refractivity contribution in [3.63, 3.8) is 0 Å². The lowest BCUT2D eigenvalue weighted by atomic mass is 9.76. The maximum Gasteiger partial charge on any atom is 0.311 e. The first-order valence-corrected chi connectivity index (χ1v) is 8.26. The van der Waals surface area contributed by atoms with Gasteiger partial charge in [-0.15, -0.1) is 0 Å². The van der Waals surface area contributed by atoms with Crippen LogP contribution in [0.2, 0.25) is 0 Å². The fraction of sp³-hybridized carbons (Fsp3) is 0.765. The van der Waals surface area contributed by atoms with Crippen molar-refractivity contribution in [1.82, 2.24) is 4.90 Å². The van der Waals surface area contributed by atoms with Crippen molar-refractivity contribution in [1.29, 1.82) is 0 Å². The number of allylic oxidation sites excluding steroid dienone is 1. The highest BCUT2D eigenvalue weighted by Crippen LogP contribution is 2.35. The Labute approximate surface area is 127 Å². The summed E-state index contributed by atoms with van der Waals surface area (Å²) < 4.78 is 0. The van der Waals surface area contributed by atoms with Crippen LogP contribution in [0.4, 0.5) is 0 Å². The van der Waals surface area contributed by atoms with E-state index in [4.69, 9.17) is 0 Å². The number of amides is 1. The van der Waals surface area contributed by atoms with Gasteiger partial charge in [0.1, 0.15) is 0 Å². The average molecular weight is 293 g/mol. The molecule has 0 radical (unpaired) electrons. The quantitative estimate of drug-likeness (QED) is 0.791. The van der Waals surface area contributed by atoms with Crippen LogP contribution in [0.5, 0.6) is 0 Å². The summed E-state index contributed by atoms with van der Waals surface area (Å²) >= 11 is 0. The molecule has 118 valence electrons. The van der Waals surface area contributed by atoms with E-state index in [0.29, 0.717) is 32.4 Å². The van der Waals surface area contributed by atoms with Crippen LogP contribution in [-0.2, 0) is 9.59 Å². The van der Waals surface area contributed by atoms with E-state index in [9.17, 15) is 14.7 Å². The topological polar surface area (TPSA) is 57.6 Å². The smallest absolute Gasteiger partial charge is 0.311 e. The van der Waals surface area contributed by atoms with Gasteiger partial charge in [0, 0.05) is 19.5 Å². The van der Waals surface area contributed by atoms with Crippen LogP contribution in [0.15, 0.2) is 11.6 Å². The third kappa shape index (κ3) is 3.86. The predicted octanol–water partition coefficient (Wildman–Crippen LogP) is 3.37. The summed E-state index contributed by atoms with van der Waals surface area (Å²) in [7, 11) is 0. The van der Waals surface area contributed by atoms with E-state index in [2.05, 4.69) is 6.08 Å². The third-order valence-electron chi connectivity index (χ3n) is 4.88. The van der Waals surface area contributed by atoms with Gasteiger partial charge in [0.15, 0.2) is 0 Å².